The van der Waals surface area contributed by atoms with Gasteiger partial charge in [-0.25, -0.2) is 4.98 Å². The van der Waals surface area contributed by atoms with Gasteiger partial charge in [-0.15, -0.1) is 11.3 Å². The molecule has 2 aromatic rings. The van der Waals surface area contributed by atoms with Gasteiger partial charge in [-0.1, -0.05) is 0 Å². The zero-order valence-corrected chi connectivity index (χ0v) is 12.0. The summed E-state index contributed by atoms with van der Waals surface area (Å²) in [6, 6.07) is 6.10. The summed E-state index contributed by atoms with van der Waals surface area (Å²) in [4.78, 5) is 5.80. The maximum atomic E-state index is 5.24. The molecule has 1 N–H and O–H groups in total. The summed E-state index contributed by atoms with van der Waals surface area (Å²) in [5.74, 6) is 0.918. The van der Waals surface area contributed by atoms with Crippen LogP contribution in [0.15, 0.2) is 18.2 Å². The minimum atomic E-state index is 0.769. The molecule has 0 aliphatic carbocycles. The molecule has 3 nitrogen and oxygen atoms in total. The van der Waals surface area contributed by atoms with Gasteiger partial charge in [0.2, 0.25) is 0 Å². The Bertz CT molecular complexity index is 529. The van der Waals surface area contributed by atoms with Crippen molar-refractivity contribution in [2.24, 2.45) is 0 Å². The van der Waals surface area contributed by atoms with Crippen molar-refractivity contribution >= 4 is 17.0 Å². The first-order valence-corrected chi connectivity index (χ1v) is 6.73. The topological polar surface area (TPSA) is 34.1 Å². The molecular formula is C14H18N2OS. The molecule has 18 heavy (non-hydrogen) atoms. The fraction of sp³-hybridized carbons (Fsp3) is 0.357. The molecule has 0 radical (unpaired) electrons. The lowest BCUT2D eigenvalue weighted by Gasteiger charge is -2.08. The van der Waals surface area contributed by atoms with E-state index in [4.69, 9.17) is 4.74 Å². The number of aromatic nitrogens is 1. The predicted octanol–water partition coefficient (Wildman–Crippen LogP) is 3.69. The van der Waals surface area contributed by atoms with Crippen LogP contribution in [0.5, 0.6) is 5.75 Å². The highest BCUT2D eigenvalue weighted by molar-refractivity contribution is 7.11. The fourth-order valence-corrected chi connectivity index (χ4v) is 2.65. The van der Waals surface area contributed by atoms with Crippen LogP contribution < -0.4 is 10.1 Å². The highest BCUT2D eigenvalue weighted by Gasteiger charge is 2.04. The molecule has 0 unspecified atom stereocenters. The number of aryl methyl sites for hydroxylation is 3. The van der Waals surface area contributed by atoms with Crippen molar-refractivity contribution in [3.63, 3.8) is 0 Å². The van der Waals surface area contributed by atoms with Gasteiger partial charge in [0, 0.05) is 10.6 Å². The quantitative estimate of drug-likeness (QED) is 0.912. The molecule has 0 fully saturated rings. The lowest BCUT2D eigenvalue weighted by Crippen LogP contribution is -1.99. The summed E-state index contributed by atoms with van der Waals surface area (Å²) in [5, 5.41) is 4.51. The van der Waals surface area contributed by atoms with Gasteiger partial charge in [-0.3, -0.25) is 0 Å². The third-order valence-corrected chi connectivity index (χ3v) is 3.98. The van der Waals surface area contributed by atoms with E-state index in [1.165, 1.54) is 4.88 Å². The highest BCUT2D eigenvalue weighted by atomic mass is 32.1. The summed E-state index contributed by atoms with van der Waals surface area (Å²) in [6.07, 6.45) is 0. The summed E-state index contributed by atoms with van der Waals surface area (Å²) in [5.41, 5.74) is 3.36. The average Bonchev–Trinajstić information content (AvgIpc) is 2.66. The lowest BCUT2D eigenvalue weighted by atomic mass is 10.2. The highest BCUT2D eigenvalue weighted by Crippen LogP contribution is 2.22. The van der Waals surface area contributed by atoms with Gasteiger partial charge < -0.3 is 10.1 Å². The van der Waals surface area contributed by atoms with Crippen LogP contribution in [-0.4, -0.2) is 12.1 Å². The van der Waals surface area contributed by atoms with Crippen molar-refractivity contribution in [3.8, 4) is 5.75 Å². The number of thiazole rings is 1. The molecule has 0 saturated heterocycles. The maximum Gasteiger partial charge on any atom is 0.121 e. The SMILES string of the molecule is COc1ccc(NCc2nc(C)c(C)s2)cc1C. The first kappa shape index (κ1) is 12.9. The zero-order valence-electron chi connectivity index (χ0n) is 11.2. The first-order valence-electron chi connectivity index (χ1n) is 5.91. The van der Waals surface area contributed by atoms with Gasteiger partial charge in [-0.05, 0) is 44.5 Å². The molecule has 0 atom stereocenters. The van der Waals surface area contributed by atoms with Gasteiger partial charge in [-0.2, -0.15) is 0 Å². The number of methoxy groups -OCH3 is 1. The Morgan fingerprint density at radius 2 is 2.06 bits per heavy atom. The number of hydrogen-bond acceptors (Lipinski definition) is 4. The predicted molar refractivity (Wildman–Crippen MR) is 76.6 cm³/mol. The van der Waals surface area contributed by atoms with E-state index in [0.29, 0.717) is 0 Å². The lowest BCUT2D eigenvalue weighted by molar-refractivity contribution is 0.412. The van der Waals surface area contributed by atoms with E-state index in [9.17, 15) is 0 Å². The molecule has 96 valence electrons. The smallest absolute Gasteiger partial charge is 0.121 e. The second-order valence-electron chi connectivity index (χ2n) is 4.29. The Labute approximate surface area is 112 Å². The van der Waals surface area contributed by atoms with Crippen molar-refractivity contribution in [1.82, 2.24) is 4.98 Å². The van der Waals surface area contributed by atoms with Gasteiger partial charge >= 0.3 is 0 Å². The van der Waals surface area contributed by atoms with E-state index in [-0.39, 0.29) is 0 Å². The number of hydrogen-bond donors (Lipinski definition) is 1. The fourth-order valence-electron chi connectivity index (χ4n) is 1.78. The summed E-state index contributed by atoms with van der Waals surface area (Å²) < 4.78 is 5.24. The van der Waals surface area contributed by atoms with Crippen molar-refractivity contribution in [2.45, 2.75) is 27.3 Å². The number of nitrogens with zero attached hydrogens (tertiary/aromatic N) is 1. The Morgan fingerprint density at radius 1 is 1.28 bits per heavy atom. The number of rotatable bonds is 4. The maximum absolute atomic E-state index is 5.24. The van der Waals surface area contributed by atoms with Crippen LogP contribution in [0.3, 0.4) is 0 Å². The van der Waals surface area contributed by atoms with Crippen LogP contribution in [0.4, 0.5) is 5.69 Å². The minimum absolute atomic E-state index is 0.769. The zero-order chi connectivity index (χ0) is 13.1. The van der Waals surface area contributed by atoms with E-state index in [1.807, 2.05) is 26.0 Å². The van der Waals surface area contributed by atoms with Crippen molar-refractivity contribution in [3.05, 3.63) is 39.3 Å². The monoisotopic (exact) mass is 262 g/mol. The molecule has 4 heteroatoms. The first-order chi connectivity index (χ1) is 8.60. The number of anilines is 1. The molecule has 2 rings (SSSR count). The standard InChI is InChI=1S/C14H18N2OS/c1-9-7-12(5-6-13(9)17-4)15-8-14-16-10(2)11(3)18-14/h5-7,15H,8H2,1-4H3. The summed E-state index contributed by atoms with van der Waals surface area (Å²) >= 11 is 1.75. The Kier molecular flexibility index (Phi) is 3.87. The molecular weight excluding hydrogens is 244 g/mol. The van der Waals surface area contributed by atoms with Crippen LogP contribution in [-0.2, 0) is 6.54 Å². The van der Waals surface area contributed by atoms with Crippen LogP contribution >= 0.6 is 11.3 Å². The van der Waals surface area contributed by atoms with Crippen molar-refractivity contribution < 1.29 is 4.74 Å². The average molecular weight is 262 g/mol. The number of ether oxygens (including phenoxy) is 1. The Morgan fingerprint density at radius 3 is 2.61 bits per heavy atom. The van der Waals surface area contributed by atoms with Gasteiger partial charge in [0.05, 0.1) is 19.3 Å². The van der Waals surface area contributed by atoms with Crippen LogP contribution in [0.2, 0.25) is 0 Å². The second kappa shape index (κ2) is 5.40. The van der Waals surface area contributed by atoms with E-state index >= 15 is 0 Å². The molecule has 0 aliphatic heterocycles. The minimum Gasteiger partial charge on any atom is -0.496 e. The summed E-state index contributed by atoms with van der Waals surface area (Å²) in [7, 11) is 1.69. The molecule has 0 amide bonds. The van der Waals surface area contributed by atoms with Crippen molar-refractivity contribution in [1.29, 1.82) is 0 Å². The molecule has 1 aromatic heterocycles. The van der Waals surface area contributed by atoms with Gasteiger partial charge in [0.25, 0.3) is 0 Å². The second-order valence-corrected chi connectivity index (χ2v) is 5.57. The van der Waals surface area contributed by atoms with E-state index < -0.39 is 0 Å². The number of nitrogens with one attached hydrogen (secondary N) is 1. The summed E-state index contributed by atoms with van der Waals surface area (Å²) in [6.45, 7) is 6.97. The van der Waals surface area contributed by atoms with Gasteiger partial charge in [0.15, 0.2) is 0 Å². The molecule has 0 bridgehead atoms. The normalized spacial score (nSPS) is 10.4. The third kappa shape index (κ3) is 2.82. The largest absolute Gasteiger partial charge is 0.496 e. The molecule has 1 aromatic carbocycles. The van der Waals surface area contributed by atoms with E-state index in [0.717, 1.165) is 34.2 Å². The van der Waals surface area contributed by atoms with Gasteiger partial charge in [0.1, 0.15) is 10.8 Å². The van der Waals surface area contributed by atoms with E-state index in [2.05, 4.69) is 23.3 Å². The Hall–Kier alpha value is -1.55. The molecule has 0 saturated carbocycles. The van der Waals surface area contributed by atoms with Crippen LogP contribution in [0.1, 0.15) is 21.1 Å². The Balaban J connectivity index is 2.04. The molecule has 0 spiro atoms. The van der Waals surface area contributed by atoms with Crippen LogP contribution in [0.25, 0.3) is 0 Å². The van der Waals surface area contributed by atoms with Crippen LogP contribution in [0, 0.1) is 20.8 Å². The van der Waals surface area contributed by atoms with E-state index in [1.54, 1.807) is 18.4 Å². The molecule has 1 heterocycles. The number of benzene rings is 1. The molecule has 0 aliphatic rings. The third-order valence-electron chi connectivity index (χ3n) is 2.91. The van der Waals surface area contributed by atoms with Crippen molar-refractivity contribution in [2.75, 3.05) is 12.4 Å².